The number of carbonyl (C=O) groups excluding carboxylic acids is 1. The van der Waals surface area contributed by atoms with Gasteiger partial charge >= 0.3 is 5.97 Å². The number of halogens is 1. The molecule has 0 saturated carbocycles. The SMILES string of the molecule is C=CC(CCl)C(=O)OCc1ccccc1. The Morgan fingerprint density at radius 2 is 2.13 bits per heavy atom. The Kier molecular flexibility index (Phi) is 4.91. The van der Waals surface area contributed by atoms with E-state index < -0.39 is 5.92 Å². The smallest absolute Gasteiger partial charge is 0.314 e. The van der Waals surface area contributed by atoms with Crippen molar-refractivity contribution in [3.8, 4) is 0 Å². The third-order valence-corrected chi connectivity index (χ3v) is 2.31. The number of hydrogen-bond acceptors (Lipinski definition) is 2. The molecule has 0 spiro atoms. The minimum absolute atomic E-state index is 0.205. The maximum atomic E-state index is 11.4. The molecule has 0 fully saturated rings. The van der Waals surface area contributed by atoms with E-state index in [2.05, 4.69) is 6.58 Å². The molecule has 0 aromatic heterocycles. The van der Waals surface area contributed by atoms with Crippen molar-refractivity contribution < 1.29 is 9.53 Å². The van der Waals surface area contributed by atoms with Crippen LogP contribution in [0, 0.1) is 5.92 Å². The molecule has 2 nitrogen and oxygen atoms in total. The van der Waals surface area contributed by atoms with Gasteiger partial charge in [0, 0.05) is 5.88 Å². The summed E-state index contributed by atoms with van der Waals surface area (Å²) in [4.78, 5) is 11.4. The second kappa shape index (κ2) is 6.25. The van der Waals surface area contributed by atoms with E-state index >= 15 is 0 Å². The quantitative estimate of drug-likeness (QED) is 0.437. The fourth-order valence-corrected chi connectivity index (χ4v) is 1.31. The van der Waals surface area contributed by atoms with Crippen LogP contribution in [0.3, 0.4) is 0 Å². The summed E-state index contributed by atoms with van der Waals surface area (Å²) in [5, 5.41) is 0. The highest BCUT2D eigenvalue weighted by atomic mass is 35.5. The van der Waals surface area contributed by atoms with Crippen molar-refractivity contribution in [1.82, 2.24) is 0 Å². The molecular formula is C12H13ClO2. The average molecular weight is 225 g/mol. The molecule has 1 unspecified atom stereocenters. The van der Waals surface area contributed by atoms with Crippen LogP contribution in [0.25, 0.3) is 0 Å². The van der Waals surface area contributed by atoms with Gasteiger partial charge in [-0.05, 0) is 5.56 Å². The van der Waals surface area contributed by atoms with Gasteiger partial charge in [0.2, 0.25) is 0 Å². The third kappa shape index (κ3) is 3.76. The highest BCUT2D eigenvalue weighted by Gasteiger charge is 2.14. The van der Waals surface area contributed by atoms with Crippen LogP contribution in [0.15, 0.2) is 43.0 Å². The van der Waals surface area contributed by atoms with Crippen LogP contribution in [-0.4, -0.2) is 11.8 Å². The van der Waals surface area contributed by atoms with E-state index in [4.69, 9.17) is 16.3 Å². The van der Waals surface area contributed by atoms with Crippen LogP contribution in [0.1, 0.15) is 5.56 Å². The second-order valence-corrected chi connectivity index (χ2v) is 3.40. The van der Waals surface area contributed by atoms with Crippen LogP contribution >= 0.6 is 11.6 Å². The summed E-state index contributed by atoms with van der Waals surface area (Å²) in [5.74, 6) is -0.545. The van der Waals surface area contributed by atoms with Gasteiger partial charge in [-0.2, -0.15) is 0 Å². The van der Waals surface area contributed by atoms with Gasteiger partial charge in [0.15, 0.2) is 0 Å². The highest BCUT2D eigenvalue weighted by Crippen LogP contribution is 2.07. The summed E-state index contributed by atoms with van der Waals surface area (Å²) in [5.41, 5.74) is 0.961. The Balaban J connectivity index is 2.44. The zero-order chi connectivity index (χ0) is 11.1. The fourth-order valence-electron chi connectivity index (χ4n) is 1.06. The monoisotopic (exact) mass is 224 g/mol. The van der Waals surface area contributed by atoms with Gasteiger partial charge in [-0.25, -0.2) is 0 Å². The summed E-state index contributed by atoms with van der Waals surface area (Å²) in [7, 11) is 0. The number of ether oxygens (including phenoxy) is 1. The summed E-state index contributed by atoms with van der Waals surface area (Å²) in [6, 6.07) is 9.51. The molecular weight excluding hydrogens is 212 g/mol. The molecule has 1 aromatic rings. The van der Waals surface area contributed by atoms with E-state index in [1.165, 1.54) is 6.08 Å². The second-order valence-electron chi connectivity index (χ2n) is 3.09. The van der Waals surface area contributed by atoms with E-state index in [9.17, 15) is 4.79 Å². The molecule has 0 bridgehead atoms. The van der Waals surface area contributed by atoms with Crippen molar-refractivity contribution in [2.75, 3.05) is 5.88 Å². The molecule has 0 aliphatic carbocycles. The van der Waals surface area contributed by atoms with Gasteiger partial charge in [0.25, 0.3) is 0 Å². The van der Waals surface area contributed by atoms with Crippen LogP contribution < -0.4 is 0 Å². The van der Waals surface area contributed by atoms with E-state index in [0.717, 1.165) is 5.56 Å². The lowest BCUT2D eigenvalue weighted by atomic mass is 10.2. The van der Waals surface area contributed by atoms with Gasteiger partial charge in [-0.3, -0.25) is 4.79 Å². The largest absolute Gasteiger partial charge is 0.460 e. The van der Waals surface area contributed by atoms with Crippen LogP contribution in [-0.2, 0) is 16.1 Å². The first-order valence-corrected chi connectivity index (χ1v) is 5.20. The molecule has 1 rings (SSSR count). The average Bonchev–Trinajstić information content (AvgIpc) is 2.29. The summed E-state index contributed by atoms with van der Waals surface area (Å²) in [6.45, 7) is 3.80. The van der Waals surface area contributed by atoms with Crippen molar-refractivity contribution in [2.24, 2.45) is 5.92 Å². The summed E-state index contributed by atoms with van der Waals surface area (Å²) in [6.07, 6.45) is 1.50. The molecule has 1 atom stereocenters. The molecule has 15 heavy (non-hydrogen) atoms. The van der Waals surface area contributed by atoms with E-state index in [1.807, 2.05) is 30.3 Å². The maximum absolute atomic E-state index is 11.4. The summed E-state index contributed by atoms with van der Waals surface area (Å²) >= 11 is 5.57. The van der Waals surface area contributed by atoms with Gasteiger partial charge in [0.05, 0.1) is 5.92 Å². The first kappa shape index (κ1) is 11.8. The molecule has 0 aliphatic rings. The van der Waals surface area contributed by atoms with Crippen LogP contribution in [0.4, 0.5) is 0 Å². The normalized spacial score (nSPS) is 11.8. The van der Waals surface area contributed by atoms with E-state index in [0.29, 0.717) is 0 Å². The number of alkyl halides is 1. The van der Waals surface area contributed by atoms with Crippen LogP contribution in [0.5, 0.6) is 0 Å². The number of rotatable bonds is 5. The summed E-state index contributed by atoms with van der Waals surface area (Å²) < 4.78 is 5.08. The minimum atomic E-state index is -0.421. The third-order valence-electron chi connectivity index (χ3n) is 1.98. The minimum Gasteiger partial charge on any atom is -0.460 e. The Morgan fingerprint density at radius 1 is 1.47 bits per heavy atom. The van der Waals surface area contributed by atoms with Crippen molar-refractivity contribution >= 4 is 17.6 Å². The molecule has 80 valence electrons. The predicted molar refractivity (Wildman–Crippen MR) is 60.6 cm³/mol. The van der Waals surface area contributed by atoms with E-state index in [1.54, 1.807) is 0 Å². The Bertz CT molecular complexity index is 322. The molecule has 0 radical (unpaired) electrons. The van der Waals surface area contributed by atoms with Gasteiger partial charge in [-0.15, -0.1) is 18.2 Å². The Labute approximate surface area is 94.5 Å². The number of esters is 1. The Morgan fingerprint density at radius 3 is 2.67 bits per heavy atom. The zero-order valence-corrected chi connectivity index (χ0v) is 9.11. The molecule has 3 heteroatoms. The lowest BCUT2D eigenvalue weighted by Crippen LogP contribution is -2.16. The fraction of sp³-hybridized carbons (Fsp3) is 0.250. The number of hydrogen-bond donors (Lipinski definition) is 0. The van der Waals surface area contributed by atoms with Crippen LogP contribution in [0.2, 0.25) is 0 Å². The van der Waals surface area contributed by atoms with Crippen molar-refractivity contribution in [2.45, 2.75) is 6.61 Å². The standard InChI is InChI=1S/C12H13ClO2/c1-2-11(8-13)12(14)15-9-10-6-4-3-5-7-10/h2-7,11H,1,8-9H2. The molecule has 0 amide bonds. The van der Waals surface area contributed by atoms with Crippen molar-refractivity contribution in [1.29, 1.82) is 0 Å². The molecule has 0 heterocycles. The number of benzene rings is 1. The lowest BCUT2D eigenvalue weighted by molar-refractivity contribution is -0.147. The number of carbonyl (C=O) groups is 1. The molecule has 0 N–H and O–H groups in total. The van der Waals surface area contributed by atoms with Crippen molar-refractivity contribution in [3.05, 3.63) is 48.6 Å². The maximum Gasteiger partial charge on any atom is 0.314 e. The first-order chi connectivity index (χ1) is 7.27. The highest BCUT2D eigenvalue weighted by molar-refractivity contribution is 6.19. The van der Waals surface area contributed by atoms with Crippen molar-refractivity contribution in [3.63, 3.8) is 0 Å². The first-order valence-electron chi connectivity index (χ1n) is 4.67. The zero-order valence-electron chi connectivity index (χ0n) is 8.36. The van der Waals surface area contributed by atoms with Gasteiger partial charge in [0.1, 0.15) is 6.61 Å². The lowest BCUT2D eigenvalue weighted by Gasteiger charge is -2.08. The predicted octanol–water partition coefficient (Wildman–Crippen LogP) is 2.77. The molecule has 0 saturated heterocycles. The van der Waals surface area contributed by atoms with Gasteiger partial charge < -0.3 is 4.74 Å². The molecule has 1 aromatic carbocycles. The van der Waals surface area contributed by atoms with Gasteiger partial charge in [-0.1, -0.05) is 36.4 Å². The topological polar surface area (TPSA) is 26.3 Å². The van der Waals surface area contributed by atoms with E-state index in [-0.39, 0.29) is 18.5 Å². The molecule has 0 aliphatic heterocycles. The Hall–Kier alpha value is -1.28.